The van der Waals surface area contributed by atoms with Gasteiger partial charge in [0.05, 0.1) is 13.7 Å². The third-order valence-electron chi connectivity index (χ3n) is 4.86. The Kier molecular flexibility index (Phi) is 10.6. The van der Waals surface area contributed by atoms with Crippen molar-refractivity contribution < 1.29 is 23.8 Å². The molecule has 0 aliphatic carbocycles. The average molecular weight is 432 g/mol. The van der Waals surface area contributed by atoms with Gasteiger partial charge in [-0.3, -0.25) is 14.5 Å². The van der Waals surface area contributed by atoms with Gasteiger partial charge in [0.25, 0.3) is 0 Å². The highest BCUT2D eigenvalue weighted by molar-refractivity contribution is 5.92. The highest BCUT2D eigenvalue weighted by atomic mass is 16.5. The van der Waals surface area contributed by atoms with E-state index in [2.05, 4.69) is 16.8 Å². The Morgan fingerprint density at radius 1 is 1.16 bits per heavy atom. The lowest BCUT2D eigenvalue weighted by atomic mass is 10.2. The first-order valence-corrected chi connectivity index (χ1v) is 10.4. The second-order valence-corrected chi connectivity index (χ2v) is 7.14. The predicted molar refractivity (Wildman–Crippen MR) is 120 cm³/mol. The number of piperazine rings is 1. The highest BCUT2D eigenvalue weighted by Crippen LogP contribution is 2.28. The normalized spacial score (nSPS) is 14.5. The summed E-state index contributed by atoms with van der Waals surface area (Å²) in [7, 11) is 3.22. The van der Waals surface area contributed by atoms with Crippen LogP contribution in [0.15, 0.2) is 36.9 Å². The average Bonchev–Trinajstić information content (AvgIpc) is 2.79. The van der Waals surface area contributed by atoms with Gasteiger partial charge >= 0.3 is 0 Å². The van der Waals surface area contributed by atoms with Crippen LogP contribution in [0, 0.1) is 0 Å². The molecule has 1 aliphatic heterocycles. The number of hydrogen-bond donors (Lipinski definition) is 1. The molecule has 0 spiro atoms. The van der Waals surface area contributed by atoms with Crippen molar-refractivity contribution in [1.29, 1.82) is 0 Å². The van der Waals surface area contributed by atoms with Crippen LogP contribution in [-0.4, -0.2) is 88.3 Å². The summed E-state index contributed by atoms with van der Waals surface area (Å²) in [4.78, 5) is 28.4. The van der Waals surface area contributed by atoms with Gasteiger partial charge in [0, 0.05) is 52.5 Å². The molecule has 1 heterocycles. The quantitative estimate of drug-likeness (QED) is 0.307. The maximum absolute atomic E-state index is 12.5. The van der Waals surface area contributed by atoms with Gasteiger partial charge in [-0.2, -0.15) is 0 Å². The number of amides is 2. The molecule has 1 aromatic carbocycles. The molecule has 0 unspecified atom stereocenters. The van der Waals surface area contributed by atoms with Gasteiger partial charge in [-0.15, -0.1) is 0 Å². The van der Waals surface area contributed by atoms with Crippen molar-refractivity contribution in [3.8, 4) is 11.5 Å². The van der Waals surface area contributed by atoms with Crippen molar-refractivity contribution in [3.63, 3.8) is 0 Å². The molecular weight excluding hydrogens is 398 g/mol. The van der Waals surface area contributed by atoms with Crippen LogP contribution in [0.2, 0.25) is 0 Å². The van der Waals surface area contributed by atoms with E-state index in [0.29, 0.717) is 64.0 Å². The summed E-state index contributed by atoms with van der Waals surface area (Å²) in [6, 6.07) is 5.50. The Labute approximate surface area is 184 Å². The SMILES string of the molecule is C=CCOc1ccc(/C=C/C(=O)N2CCN(CC(=O)NCCCOC)CC2)cc1OC. The molecule has 170 valence electrons. The molecule has 8 nitrogen and oxygen atoms in total. The number of carbonyl (C=O) groups is 2. The molecule has 31 heavy (non-hydrogen) atoms. The maximum atomic E-state index is 12.5. The van der Waals surface area contributed by atoms with Crippen molar-refractivity contribution in [1.82, 2.24) is 15.1 Å². The van der Waals surface area contributed by atoms with Gasteiger partial charge in [-0.25, -0.2) is 0 Å². The van der Waals surface area contributed by atoms with E-state index in [4.69, 9.17) is 14.2 Å². The number of ether oxygens (including phenoxy) is 3. The topological polar surface area (TPSA) is 80.3 Å². The molecule has 2 amide bonds. The molecule has 0 radical (unpaired) electrons. The van der Waals surface area contributed by atoms with Crippen LogP contribution in [0.1, 0.15) is 12.0 Å². The van der Waals surface area contributed by atoms with E-state index >= 15 is 0 Å². The summed E-state index contributed by atoms with van der Waals surface area (Å²) in [6.07, 6.45) is 5.80. The van der Waals surface area contributed by atoms with Gasteiger partial charge in [0.2, 0.25) is 11.8 Å². The van der Waals surface area contributed by atoms with Gasteiger partial charge in [-0.1, -0.05) is 18.7 Å². The smallest absolute Gasteiger partial charge is 0.246 e. The fourth-order valence-electron chi connectivity index (χ4n) is 3.16. The number of nitrogens with one attached hydrogen (secondary N) is 1. The van der Waals surface area contributed by atoms with Crippen LogP contribution in [0.3, 0.4) is 0 Å². The number of nitrogens with zero attached hydrogens (tertiary/aromatic N) is 2. The minimum absolute atomic E-state index is 0.00485. The van der Waals surface area contributed by atoms with Crippen molar-refractivity contribution in [2.45, 2.75) is 6.42 Å². The lowest BCUT2D eigenvalue weighted by molar-refractivity contribution is -0.128. The molecule has 1 aliphatic rings. The summed E-state index contributed by atoms with van der Waals surface area (Å²) in [6.45, 7) is 8.17. The molecule has 0 atom stereocenters. The minimum Gasteiger partial charge on any atom is -0.493 e. The van der Waals surface area contributed by atoms with Gasteiger partial charge in [0.15, 0.2) is 11.5 Å². The highest BCUT2D eigenvalue weighted by Gasteiger charge is 2.21. The Hall–Kier alpha value is -2.84. The molecule has 0 aromatic heterocycles. The molecule has 0 bridgehead atoms. The number of carbonyl (C=O) groups excluding carboxylic acids is 2. The molecule has 0 saturated carbocycles. The van der Waals surface area contributed by atoms with Crippen LogP contribution in [0.4, 0.5) is 0 Å². The van der Waals surface area contributed by atoms with Crippen LogP contribution in [0.25, 0.3) is 6.08 Å². The zero-order valence-corrected chi connectivity index (χ0v) is 18.5. The predicted octanol–water partition coefficient (Wildman–Crippen LogP) is 1.57. The van der Waals surface area contributed by atoms with Crippen molar-refractivity contribution in [2.75, 3.05) is 66.7 Å². The monoisotopic (exact) mass is 431 g/mol. The zero-order chi connectivity index (χ0) is 22.5. The van der Waals surface area contributed by atoms with E-state index in [1.807, 2.05) is 18.2 Å². The number of rotatable bonds is 12. The van der Waals surface area contributed by atoms with E-state index < -0.39 is 0 Å². The third kappa shape index (κ3) is 8.43. The zero-order valence-electron chi connectivity index (χ0n) is 18.5. The standard InChI is InChI=1S/C23H33N3O5/c1-4-15-31-20-8-6-19(17-21(20)30-3)7-9-23(28)26-13-11-25(12-14-26)18-22(27)24-10-5-16-29-2/h4,6-9,17H,1,5,10-16,18H2,2-3H3,(H,24,27)/b9-7+. The number of benzene rings is 1. The first-order valence-electron chi connectivity index (χ1n) is 10.4. The maximum Gasteiger partial charge on any atom is 0.246 e. The Bertz CT molecular complexity index is 758. The second-order valence-electron chi connectivity index (χ2n) is 7.14. The lowest BCUT2D eigenvalue weighted by Crippen LogP contribution is -2.50. The minimum atomic E-state index is -0.0467. The molecule has 1 fully saturated rings. The Morgan fingerprint density at radius 2 is 1.94 bits per heavy atom. The lowest BCUT2D eigenvalue weighted by Gasteiger charge is -2.33. The first kappa shape index (κ1) is 24.4. The summed E-state index contributed by atoms with van der Waals surface area (Å²) in [5, 5.41) is 2.89. The van der Waals surface area contributed by atoms with E-state index in [1.165, 1.54) is 0 Å². The van der Waals surface area contributed by atoms with E-state index in [9.17, 15) is 9.59 Å². The fraction of sp³-hybridized carbons (Fsp3) is 0.478. The summed E-state index contributed by atoms with van der Waals surface area (Å²) in [5.74, 6) is 1.19. The largest absolute Gasteiger partial charge is 0.493 e. The molecule has 1 aromatic rings. The summed E-state index contributed by atoms with van der Waals surface area (Å²) in [5.41, 5.74) is 0.847. The van der Waals surface area contributed by atoms with Gasteiger partial charge in [-0.05, 0) is 30.2 Å². The number of hydrogen-bond acceptors (Lipinski definition) is 6. The van der Waals surface area contributed by atoms with Crippen molar-refractivity contribution >= 4 is 17.9 Å². The third-order valence-corrected chi connectivity index (χ3v) is 4.86. The van der Waals surface area contributed by atoms with E-state index in [-0.39, 0.29) is 11.8 Å². The molecule has 1 saturated heterocycles. The van der Waals surface area contributed by atoms with Crippen LogP contribution in [-0.2, 0) is 14.3 Å². The molecule has 2 rings (SSSR count). The molecule has 1 N–H and O–H groups in total. The fourth-order valence-corrected chi connectivity index (χ4v) is 3.16. The van der Waals surface area contributed by atoms with E-state index in [1.54, 1.807) is 37.3 Å². The second kappa shape index (κ2) is 13.5. The summed E-state index contributed by atoms with van der Waals surface area (Å²) < 4.78 is 15.9. The van der Waals surface area contributed by atoms with E-state index in [0.717, 1.165) is 12.0 Å². The van der Waals surface area contributed by atoms with Crippen LogP contribution < -0.4 is 14.8 Å². The van der Waals surface area contributed by atoms with Crippen LogP contribution in [0.5, 0.6) is 11.5 Å². The molecular formula is C23H33N3O5. The Morgan fingerprint density at radius 3 is 2.61 bits per heavy atom. The first-order chi connectivity index (χ1) is 15.1. The molecule has 8 heteroatoms. The van der Waals surface area contributed by atoms with Crippen molar-refractivity contribution in [3.05, 3.63) is 42.5 Å². The summed E-state index contributed by atoms with van der Waals surface area (Å²) >= 11 is 0. The van der Waals surface area contributed by atoms with Gasteiger partial charge < -0.3 is 24.4 Å². The number of methoxy groups -OCH3 is 2. The van der Waals surface area contributed by atoms with Crippen LogP contribution >= 0.6 is 0 Å². The Balaban J connectivity index is 1.79. The van der Waals surface area contributed by atoms with Crippen molar-refractivity contribution in [2.24, 2.45) is 0 Å². The van der Waals surface area contributed by atoms with Gasteiger partial charge in [0.1, 0.15) is 6.61 Å².